The number of thiazole rings is 1. The van der Waals surface area contributed by atoms with E-state index in [-0.39, 0.29) is 12.6 Å². The zero-order valence-electron chi connectivity index (χ0n) is 10.5. The first-order chi connectivity index (χ1) is 9.11. The molecule has 4 nitrogen and oxygen atoms in total. The van der Waals surface area contributed by atoms with E-state index in [1.54, 1.807) is 16.2 Å². The van der Waals surface area contributed by atoms with Crippen LogP contribution in [0.5, 0.6) is 0 Å². The van der Waals surface area contributed by atoms with E-state index in [9.17, 15) is 4.79 Å². The molecule has 0 amide bonds. The first-order valence-electron chi connectivity index (χ1n) is 5.86. The SMILES string of the molecule is C#CCN(CC(=O)O)C(C)c1nc2ccccc2s1. The zero-order chi connectivity index (χ0) is 13.8. The average molecular weight is 274 g/mol. The second-order valence-corrected chi connectivity index (χ2v) is 5.26. The average Bonchev–Trinajstić information content (AvgIpc) is 2.80. The Bertz CT molecular complexity index is 597. The summed E-state index contributed by atoms with van der Waals surface area (Å²) in [7, 11) is 0. The molecule has 1 aromatic carbocycles. The molecular formula is C14H14N2O2S. The van der Waals surface area contributed by atoms with Gasteiger partial charge in [-0.05, 0) is 19.1 Å². The van der Waals surface area contributed by atoms with Crippen LogP contribution in [0.3, 0.4) is 0 Å². The summed E-state index contributed by atoms with van der Waals surface area (Å²) in [5, 5.41) is 9.81. The largest absolute Gasteiger partial charge is 0.480 e. The van der Waals surface area contributed by atoms with Crippen LogP contribution >= 0.6 is 11.3 Å². The lowest BCUT2D eigenvalue weighted by Crippen LogP contribution is -2.32. The fourth-order valence-corrected chi connectivity index (χ4v) is 2.90. The Morgan fingerprint density at radius 2 is 2.32 bits per heavy atom. The molecule has 2 rings (SSSR count). The van der Waals surface area contributed by atoms with Gasteiger partial charge in [-0.2, -0.15) is 0 Å². The van der Waals surface area contributed by atoms with Crippen molar-refractivity contribution in [3.63, 3.8) is 0 Å². The van der Waals surface area contributed by atoms with E-state index >= 15 is 0 Å². The fraction of sp³-hybridized carbons (Fsp3) is 0.286. The zero-order valence-corrected chi connectivity index (χ0v) is 11.4. The third-order valence-corrected chi connectivity index (χ3v) is 4.05. The highest BCUT2D eigenvalue weighted by molar-refractivity contribution is 7.18. The van der Waals surface area contributed by atoms with Crippen LogP contribution in [0.2, 0.25) is 0 Å². The van der Waals surface area contributed by atoms with E-state index in [1.807, 2.05) is 31.2 Å². The van der Waals surface area contributed by atoms with Crippen molar-refractivity contribution >= 4 is 27.5 Å². The molecule has 0 bridgehead atoms. The molecule has 0 aliphatic carbocycles. The van der Waals surface area contributed by atoms with Gasteiger partial charge in [0.25, 0.3) is 0 Å². The number of fused-ring (bicyclic) bond motifs is 1. The van der Waals surface area contributed by atoms with Gasteiger partial charge in [-0.25, -0.2) is 4.98 Å². The normalized spacial score (nSPS) is 12.5. The summed E-state index contributed by atoms with van der Waals surface area (Å²) >= 11 is 1.57. The topological polar surface area (TPSA) is 53.4 Å². The predicted octanol–water partition coefficient (Wildman–Crippen LogP) is 2.38. The van der Waals surface area contributed by atoms with E-state index in [0.717, 1.165) is 15.2 Å². The standard InChI is InChI=1S/C14H14N2O2S/c1-3-8-16(9-13(17)18)10(2)14-15-11-6-4-5-7-12(11)19-14/h1,4-7,10H,8-9H2,2H3,(H,17,18). The number of benzene rings is 1. The number of para-hydroxylation sites is 1. The summed E-state index contributed by atoms with van der Waals surface area (Å²) in [5.41, 5.74) is 0.935. The van der Waals surface area contributed by atoms with Crippen molar-refractivity contribution in [2.24, 2.45) is 0 Å². The van der Waals surface area contributed by atoms with Crippen LogP contribution in [0.15, 0.2) is 24.3 Å². The van der Waals surface area contributed by atoms with Crippen molar-refractivity contribution in [1.82, 2.24) is 9.88 Å². The van der Waals surface area contributed by atoms with Crippen molar-refractivity contribution in [2.45, 2.75) is 13.0 Å². The third-order valence-electron chi connectivity index (χ3n) is 2.85. The lowest BCUT2D eigenvalue weighted by atomic mass is 10.3. The van der Waals surface area contributed by atoms with Crippen molar-refractivity contribution < 1.29 is 9.90 Å². The molecule has 2 aromatic rings. The maximum atomic E-state index is 10.9. The van der Waals surface area contributed by atoms with E-state index in [1.165, 1.54) is 0 Å². The number of aliphatic carboxylic acids is 1. The monoisotopic (exact) mass is 274 g/mol. The van der Waals surface area contributed by atoms with Gasteiger partial charge in [0.05, 0.1) is 29.3 Å². The van der Waals surface area contributed by atoms with Crippen molar-refractivity contribution in [3.8, 4) is 12.3 Å². The molecule has 0 saturated heterocycles. The van der Waals surface area contributed by atoms with Gasteiger partial charge in [0.2, 0.25) is 0 Å². The molecule has 0 saturated carbocycles. The number of carboxylic acid groups (broad SMARTS) is 1. The van der Waals surface area contributed by atoms with Gasteiger partial charge in [-0.1, -0.05) is 18.1 Å². The number of hydrogen-bond acceptors (Lipinski definition) is 4. The Hall–Kier alpha value is -1.90. The first kappa shape index (κ1) is 13.5. The summed E-state index contributed by atoms with van der Waals surface area (Å²) in [4.78, 5) is 17.1. The van der Waals surface area contributed by atoms with Crippen LogP contribution in [-0.4, -0.2) is 34.0 Å². The van der Waals surface area contributed by atoms with Gasteiger partial charge < -0.3 is 5.11 Å². The van der Waals surface area contributed by atoms with E-state index in [2.05, 4.69) is 10.9 Å². The molecule has 1 N–H and O–H groups in total. The van der Waals surface area contributed by atoms with Crippen molar-refractivity contribution in [2.75, 3.05) is 13.1 Å². The van der Waals surface area contributed by atoms with Crippen LogP contribution in [0, 0.1) is 12.3 Å². The molecule has 5 heteroatoms. The minimum atomic E-state index is -0.886. The highest BCUT2D eigenvalue weighted by Crippen LogP contribution is 2.29. The number of carboxylic acids is 1. The van der Waals surface area contributed by atoms with Crippen LogP contribution in [-0.2, 0) is 4.79 Å². The molecule has 0 radical (unpaired) electrons. The van der Waals surface area contributed by atoms with Gasteiger partial charge in [0, 0.05) is 0 Å². The van der Waals surface area contributed by atoms with Crippen molar-refractivity contribution in [1.29, 1.82) is 0 Å². The van der Waals surface area contributed by atoms with Gasteiger partial charge in [-0.15, -0.1) is 17.8 Å². The van der Waals surface area contributed by atoms with Gasteiger partial charge >= 0.3 is 5.97 Å². The van der Waals surface area contributed by atoms with Crippen LogP contribution < -0.4 is 0 Å². The number of carbonyl (C=O) groups is 1. The first-order valence-corrected chi connectivity index (χ1v) is 6.68. The summed E-state index contributed by atoms with van der Waals surface area (Å²) < 4.78 is 1.10. The summed E-state index contributed by atoms with van der Waals surface area (Å²) in [6, 6.07) is 7.75. The second kappa shape index (κ2) is 5.83. The lowest BCUT2D eigenvalue weighted by Gasteiger charge is -2.23. The molecule has 0 fully saturated rings. The summed E-state index contributed by atoms with van der Waals surface area (Å²) in [6.07, 6.45) is 5.29. The Morgan fingerprint density at radius 1 is 1.58 bits per heavy atom. The number of terminal acetylenes is 1. The highest BCUT2D eigenvalue weighted by atomic mass is 32.1. The molecule has 98 valence electrons. The van der Waals surface area contributed by atoms with Crippen molar-refractivity contribution in [3.05, 3.63) is 29.3 Å². The molecule has 1 atom stereocenters. The number of nitrogens with zero attached hydrogens (tertiary/aromatic N) is 2. The smallest absolute Gasteiger partial charge is 0.317 e. The Kier molecular flexibility index (Phi) is 4.15. The van der Waals surface area contributed by atoms with Gasteiger partial charge in [0.15, 0.2) is 0 Å². The summed E-state index contributed by atoms with van der Waals surface area (Å²) in [6.45, 7) is 2.14. The molecule has 1 aromatic heterocycles. The molecule has 0 aliphatic heterocycles. The molecule has 0 spiro atoms. The molecule has 1 unspecified atom stereocenters. The Balaban J connectivity index is 2.27. The van der Waals surface area contributed by atoms with E-state index in [0.29, 0.717) is 6.54 Å². The number of aromatic nitrogens is 1. The quantitative estimate of drug-likeness (QED) is 0.851. The molecule has 1 heterocycles. The summed E-state index contributed by atoms with van der Waals surface area (Å²) in [5.74, 6) is 1.61. The molecule has 19 heavy (non-hydrogen) atoms. The highest BCUT2D eigenvalue weighted by Gasteiger charge is 2.20. The molecular weight excluding hydrogens is 260 g/mol. The lowest BCUT2D eigenvalue weighted by molar-refractivity contribution is -0.138. The van der Waals surface area contributed by atoms with E-state index in [4.69, 9.17) is 11.5 Å². The fourth-order valence-electron chi connectivity index (χ4n) is 1.85. The maximum Gasteiger partial charge on any atom is 0.317 e. The molecule has 0 aliphatic rings. The Labute approximate surface area is 115 Å². The van der Waals surface area contributed by atoms with Crippen LogP contribution in [0.4, 0.5) is 0 Å². The predicted molar refractivity (Wildman–Crippen MR) is 76.1 cm³/mol. The third kappa shape index (κ3) is 3.11. The minimum Gasteiger partial charge on any atom is -0.480 e. The second-order valence-electron chi connectivity index (χ2n) is 4.20. The van der Waals surface area contributed by atoms with Crippen LogP contribution in [0.1, 0.15) is 18.0 Å². The van der Waals surface area contributed by atoms with Gasteiger partial charge in [0.1, 0.15) is 5.01 Å². The Morgan fingerprint density at radius 3 is 2.95 bits per heavy atom. The number of rotatable bonds is 5. The minimum absolute atomic E-state index is 0.0821. The van der Waals surface area contributed by atoms with E-state index < -0.39 is 5.97 Å². The maximum absolute atomic E-state index is 10.9. The number of hydrogen-bond donors (Lipinski definition) is 1. The van der Waals surface area contributed by atoms with Gasteiger partial charge in [-0.3, -0.25) is 9.69 Å². The van der Waals surface area contributed by atoms with Crippen LogP contribution in [0.25, 0.3) is 10.2 Å².